The molecule has 0 saturated heterocycles. The van der Waals surface area contributed by atoms with Gasteiger partial charge in [-0.25, -0.2) is 4.98 Å². The summed E-state index contributed by atoms with van der Waals surface area (Å²) in [6.45, 7) is 0.451. The van der Waals surface area contributed by atoms with Crippen LogP contribution in [0.2, 0.25) is 0 Å². The lowest BCUT2D eigenvalue weighted by Crippen LogP contribution is -2.28. The molecular formula is C15H14N2O2S2. The Morgan fingerprint density at radius 1 is 1.43 bits per heavy atom. The van der Waals surface area contributed by atoms with E-state index in [-0.39, 0.29) is 12.0 Å². The molecule has 21 heavy (non-hydrogen) atoms. The number of carbonyl (C=O) groups excluding carboxylic acids is 1. The molecule has 108 valence electrons. The van der Waals surface area contributed by atoms with Crippen molar-refractivity contribution >= 4 is 38.8 Å². The normalized spacial score (nSPS) is 12.4. The molecule has 2 aromatic heterocycles. The first-order valence-electron chi connectivity index (χ1n) is 6.44. The van der Waals surface area contributed by atoms with E-state index in [0.29, 0.717) is 12.1 Å². The zero-order valence-corrected chi connectivity index (χ0v) is 13.0. The number of fused-ring (bicyclic) bond motifs is 1. The second-order valence-corrected chi connectivity index (χ2v) is 6.19. The van der Waals surface area contributed by atoms with Gasteiger partial charge in [-0.1, -0.05) is 0 Å². The Kier molecular flexibility index (Phi) is 4.28. The number of aromatic nitrogens is 1. The number of hydrogen-bond donors (Lipinski definition) is 1. The standard InChI is InChI=1S/C15H14N2O2S2/c1-19-13(11-4-5-20-8-11)7-16-15(18)10-2-3-12-14(6-10)21-9-17-12/h2-6,8-9,13H,7H2,1H3,(H,16,18)/t13-/m0/s1. The summed E-state index contributed by atoms with van der Waals surface area (Å²) < 4.78 is 6.44. The van der Waals surface area contributed by atoms with Crippen molar-refractivity contribution in [1.29, 1.82) is 0 Å². The van der Waals surface area contributed by atoms with E-state index in [1.54, 1.807) is 30.0 Å². The lowest BCUT2D eigenvalue weighted by molar-refractivity contribution is 0.0829. The summed E-state index contributed by atoms with van der Waals surface area (Å²) in [5.74, 6) is -0.0948. The van der Waals surface area contributed by atoms with Crippen LogP contribution < -0.4 is 5.32 Å². The van der Waals surface area contributed by atoms with Crippen LogP contribution in [-0.4, -0.2) is 24.5 Å². The van der Waals surface area contributed by atoms with Crippen molar-refractivity contribution in [3.05, 3.63) is 51.7 Å². The summed E-state index contributed by atoms with van der Waals surface area (Å²) in [7, 11) is 1.65. The maximum atomic E-state index is 12.2. The Balaban J connectivity index is 1.68. The molecule has 2 heterocycles. The van der Waals surface area contributed by atoms with Crippen LogP contribution in [-0.2, 0) is 4.74 Å². The monoisotopic (exact) mass is 318 g/mol. The van der Waals surface area contributed by atoms with Gasteiger partial charge in [-0.3, -0.25) is 4.79 Å². The van der Waals surface area contributed by atoms with E-state index in [2.05, 4.69) is 10.3 Å². The Morgan fingerprint density at radius 2 is 2.33 bits per heavy atom. The van der Waals surface area contributed by atoms with E-state index in [1.165, 1.54) is 11.3 Å². The van der Waals surface area contributed by atoms with Gasteiger partial charge < -0.3 is 10.1 Å². The molecule has 0 spiro atoms. The van der Waals surface area contributed by atoms with Crippen LogP contribution in [0.4, 0.5) is 0 Å². The van der Waals surface area contributed by atoms with Gasteiger partial charge in [0.15, 0.2) is 0 Å². The summed E-state index contributed by atoms with van der Waals surface area (Å²) in [6, 6.07) is 7.54. The number of thiophene rings is 1. The maximum absolute atomic E-state index is 12.2. The molecule has 1 amide bonds. The minimum atomic E-state index is -0.118. The van der Waals surface area contributed by atoms with Gasteiger partial charge in [-0.05, 0) is 40.6 Å². The molecule has 3 aromatic rings. The quantitative estimate of drug-likeness (QED) is 0.783. The van der Waals surface area contributed by atoms with Gasteiger partial charge in [0.05, 0.1) is 15.7 Å². The first kappa shape index (κ1) is 14.2. The number of rotatable bonds is 5. The summed E-state index contributed by atoms with van der Waals surface area (Å²) in [5, 5.41) is 6.95. The third-order valence-electron chi connectivity index (χ3n) is 3.24. The van der Waals surface area contributed by atoms with Crippen molar-refractivity contribution in [2.45, 2.75) is 6.10 Å². The molecule has 4 nitrogen and oxygen atoms in total. The Labute approximate surface area is 130 Å². The average Bonchev–Trinajstić information content (AvgIpc) is 3.18. The number of hydrogen-bond acceptors (Lipinski definition) is 5. The summed E-state index contributed by atoms with van der Waals surface area (Å²) in [6.07, 6.45) is -0.118. The zero-order chi connectivity index (χ0) is 14.7. The van der Waals surface area contributed by atoms with Crippen LogP contribution in [0.1, 0.15) is 22.0 Å². The van der Waals surface area contributed by atoms with E-state index >= 15 is 0 Å². The third kappa shape index (κ3) is 3.12. The Bertz CT molecular complexity index is 737. The lowest BCUT2D eigenvalue weighted by atomic mass is 10.1. The van der Waals surface area contributed by atoms with Gasteiger partial charge in [0.1, 0.15) is 6.10 Å². The number of benzene rings is 1. The van der Waals surface area contributed by atoms with Crippen molar-refractivity contribution < 1.29 is 9.53 Å². The number of nitrogens with one attached hydrogen (secondary N) is 1. The molecule has 0 radical (unpaired) electrons. The number of methoxy groups -OCH3 is 1. The molecular weight excluding hydrogens is 304 g/mol. The fourth-order valence-electron chi connectivity index (χ4n) is 2.08. The zero-order valence-electron chi connectivity index (χ0n) is 11.4. The van der Waals surface area contributed by atoms with Crippen LogP contribution in [0.15, 0.2) is 40.5 Å². The summed E-state index contributed by atoms with van der Waals surface area (Å²) in [5.41, 5.74) is 4.43. The molecule has 0 unspecified atom stereocenters. The van der Waals surface area contributed by atoms with Crippen LogP contribution in [0.25, 0.3) is 10.2 Å². The van der Waals surface area contributed by atoms with E-state index in [0.717, 1.165) is 15.8 Å². The first-order chi connectivity index (χ1) is 10.3. The molecule has 0 fully saturated rings. The molecule has 0 saturated carbocycles. The molecule has 0 aliphatic heterocycles. The van der Waals surface area contributed by atoms with Crippen molar-refractivity contribution in [2.24, 2.45) is 0 Å². The van der Waals surface area contributed by atoms with E-state index in [4.69, 9.17) is 4.74 Å². The van der Waals surface area contributed by atoms with Crippen molar-refractivity contribution in [3.8, 4) is 0 Å². The predicted molar refractivity (Wildman–Crippen MR) is 86.0 cm³/mol. The van der Waals surface area contributed by atoms with Crippen molar-refractivity contribution in [1.82, 2.24) is 10.3 Å². The molecule has 0 aliphatic rings. The second-order valence-electron chi connectivity index (χ2n) is 4.53. The van der Waals surface area contributed by atoms with Gasteiger partial charge in [-0.15, -0.1) is 11.3 Å². The van der Waals surface area contributed by atoms with Gasteiger partial charge in [0.25, 0.3) is 5.91 Å². The highest BCUT2D eigenvalue weighted by Gasteiger charge is 2.13. The highest BCUT2D eigenvalue weighted by molar-refractivity contribution is 7.16. The minimum Gasteiger partial charge on any atom is -0.375 e. The fourth-order valence-corrected chi connectivity index (χ4v) is 3.50. The first-order valence-corrected chi connectivity index (χ1v) is 8.26. The topological polar surface area (TPSA) is 51.2 Å². The van der Waals surface area contributed by atoms with Crippen LogP contribution >= 0.6 is 22.7 Å². The van der Waals surface area contributed by atoms with Crippen molar-refractivity contribution in [2.75, 3.05) is 13.7 Å². The predicted octanol–water partition coefficient (Wildman–Crippen LogP) is 3.48. The smallest absolute Gasteiger partial charge is 0.251 e. The summed E-state index contributed by atoms with van der Waals surface area (Å²) in [4.78, 5) is 16.4. The van der Waals surface area contributed by atoms with E-state index in [1.807, 2.05) is 29.0 Å². The third-order valence-corrected chi connectivity index (χ3v) is 4.73. The van der Waals surface area contributed by atoms with Crippen LogP contribution in [0, 0.1) is 0 Å². The number of ether oxygens (including phenoxy) is 1. The summed E-state index contributed by atoms with van der Waals surface area (Å²) >= 11 is 3.15. The number of carbonyl (C=O) groups is 1. The van der Waals surface area contributed by atoms with Gasteiger partial charge >= 0.3 is 0 Å². The highest BCUT2D eigenvalue weighted by Crippen LogP contribution is 2.20. The van der Waals surface area contributed by atoms with Crippen molar-refractivity contribution in [3.63, 3.8) is 0 Å². The van der Waals surface area contributed by atoms with Gasteiger partial charge in [0.2, 0.25) is 0 Å². The van der Waals surface area contributed by atoms with Crippen LogP contribution in [0.3, 0.4) is 0 Å². The molecule has 0 bridgehead atoms. The number of amides is 1. The second kappa shape index (κ2) is 6.34. The average molecular weight is 318 g/mol. The highest BCUT2D eigenvalue weighted by atomic mass is 32.1. The number of nitrogens with zero attached hydrogens (tertiary/aromatic N) is 1. The molecule has 3 rings (SSSR count). The molecule has 6 heteroatoms. The number of thiazole rings is 1. The SMILES string of the molecule is CO[C@@H](CNC(=O)c1ccc2ncsc2c1)c1ccsc1. The minimum absolute atomic E-state index is 0.0948. The molecule has 1 N–H and O–H groups in total. The molecule has 1 aromatic carbocycles. The molecule has 1 atom stereocenters. The van der Waals surface area contributed by atoms with E-state index in [9.17, 15) is 4.79 Å². The maximum Gasteiger partial charge on any atom is 0.251 e. The van der Waals surface area contributed by atoms with Gasteiger partial charge in [0, 0.05) is 19.2 Å². The van der Waals surface area contributed by atoms with Crippen LogP contribution in [0.5, 0.6) is 0 Å². The lowest BCUT2D eigenvalue weighted by Gasteiger charge is -2.15. The molecule has 0 aliphatic carbocycles. The van der Waals surface area contributed by atoms with Gasteiger partial charge in [-0.2, -0.15) is 11.3 Å². The Hall–Kier alpha value is -1.76. The Morgan fingerprint density at radius 3 is 3.10 bits per heavy atom. The fraction of sp³-hybridized carbons (Fsp3) is 0.200. The van der Waals surface area contributed by atoms with E-state index < -0.39 is 0 Å². The largest absolute Gasteiger partial charge is 0.375 e.